The first-order valence-corrected chi connectivity index (χ1v) is 11.5. The Morgan fingerprint density at radius 1 is 1.17 bits per heavy atom. The molecule has 9 heteroatoms. The smallest absolute Gasteiger partial charge is 0.190 e. The molecule has 2 heterocycles. The SMILES string of the molecule is COc1c(Nc2ccnc3c2CCC3O)ccc(NCCc2cn(N)c3c(CO)cccc23)c1F. The Morgan fingerprint density at radius 3 is 2.80 bits per heavy atom. The molecule has 0 fully saturated rings. The molecule has 0 amide bonds. The van der Waals surface area contributed by atoms with E-state index in [0.29, 0.717) is 42.9 Å². The molecule has 0 saturated heterocycles. The lowest BCUT2D eigenvalue weighted by molar-refractivity contribution is 0.176. The van der Waals surface area contributed by atoms with Gasteiger partial charge in [-0.1, -0.05) is 18.2 Å². The molecule has 1 atom stereocenters. The van der Waals surface area contributed by atoms with Crippen LogP contribution in [0.5, 0.6) is 5.75 Å². The van der Waals surface area contributed by atoms with Crippen LogP contribution in [0.25, 0.3) is 10.9 Å². The van der Waals surface area contributed by atoms with Crippen LogP contribution in [0.3, 0.4) is 0 Å². The fraction of sp³-hybridized carbons (Fsp3) is 0.269. The summed E-state index contributed by atoms with van der Waals surface area (Å²) in [6.07, 6.45) is 4.84. The Morgan fingerprint density at radius 2 is 2.00 bits per heavy atom. The average molecular weight is 478 g/mol. The number of aliphatic hydroxyl groups excluding tert-OH is 2. The van der Waals surface area contributed by atoms with Crippen LogP contribution in [-0.2, 0) is 19.4 Å². The molecule has 5 rings (SSSR count). The van der Waals surface area contributed by atoms with Gasteiger partial charge in [-0.3, -0.25) is 9.66 Å². The van der Waals surface area contributed by atoms with Crippen molar-refractivity contribution in [1.82, 2.24) is 9.66 Å². The number of hydrogen-bond donors (Lipinski definition) is 5. The number of halogens is 1. The summed E-state index contributed by atoms with van der Waals surface area (Å²) in [6, 6.07) is 10.9. The predicted molar refractivity (Wildman–Crippen MR) is 134 cm³/mol. The summed E-state index contributed by atoms with van der Waals surface area (Å²) in [6.45, 7) is 0.385. The summed E-state index contributed by atoms with van der Waals surface area (Å²) < 4.78 is 22.2. The van der Waals surface area contributed by atoms with Gasteiger partial charge in [0.05, 0.1) is 42.4 Å². The molecular weight excluding hydrogens is 449 g/mol. The second kappa shape index (κ2) is 9.44. The third-order valence-electron chi connectivity index (χ3n) is 6.54. The standard InChI is InChI=1S/C26H28FN5O3/c1-35-26-21(31-19-10-12-30-24-18(19)5-8-22(24)34)7-6-20(23(26)27)29-11-9-15-13-32(28)25-16(14-33)3-2-4-17(15)25/h2-4,6-7,10,12-13,22,29,33-34H,5,8-9,11,14,28H2,1H3,(H,30,31). The van der Waals surface area contributed by atoms with Gasteiger partial charge in [0.25, 0.3) is 0 Å². The predicted octanol–water partition coefficient (Wildman–Crippen LogP) is 3.77. The number of hydrogen-bond acceptors (Lipinski definition) is 7. The minimum Gasteiger partial charge on any atom is -0.492 e. The van der Waals surface area contributed by atoms with Gasteiger partial charge in [0.1, 0.15) is 0 Å². The number of aromatic nitrogens is 2. The van der Waals surface area contributed by atoms with E-state index in [1.807, 2.05) is 30.5 Å². The van der Waals surface area contributed by atoms with Crippen LogP contribution in [0.2, 0.25) is 0 Å². The first-order chi connectivity index (χ1) is 17.0. The Bertz CT molecular complexity index is 1390. The van der Waals surface area contributed by atoms with Crippen molar-refractivity contribution in [3.8, 4) is 5.75 Å². The van der Waals surface area contributed by atoms with E-state index in [2.05, 4.69) is 15.6 Å². The molecular formula is C26H28FN5O3. The van der Waals surface area contributed by atoms with Crippen molar-refractivity contribution in [2.45, 2.75) is 32.0 Å². The molecule has 8 nitrogen and oxygen atoms in total. The molecule has 2 aromatic carbocycles. The maximum atomic E-state index is 15.3. The first-order valence-electron chi connectivity index (χ1n) is 11.5. The van der Waals surface area contributed by atoms with Crippen molar-refractivity contribution in [3.05, 3.63) is 77.0 Å². The van der Waals surface area contributed by atoms with Gasteiger partial charge in [0.2, 0.25) is 0 Å². The Hall–Kier alpha value is -3.82. The Balaban J connectivity index is 1.33. The van der Waals surface area contributed by atoms with Gasteiger partial charge in [0, 0.05) is 35.6 Å². The zero-order chi connectivity index (χ0) is 24.5. The summed E-state index contributed by atoms with van der Waals surface area (Å²) in [7, 11) is 1.43. The normalized spacial score (nSPS) is 14.8. The molecule has 2 aromatic heterocycles. The monoisotopic (exact) mass is 477 g/mol. The average Bonchev–Trinajstić information content (AvgIpc) is 3.41. The molecule has 182 valence electrons. The third kappa shape index (κ3) is 4.13. The zero-order valence-electron chi connectivity index (χ0n) is 19.4. The van der Waals surface area contributed by atoms with E-state index in [1.54, 1.807) is 18.3 Å². The number of anilines is 3. The summed E-state index contributed by atoms with van der Waals surface area (Å²) in [5.74, 6) is 5.71. The maximum absolute atomic E-state index is 15.3. The number of aliphatic hydroxyl groups is 2. The number of rotatable bonds is 8. The van der Waals surface area contributed by atoms with Gasteiger partial charge in [-0.25, -0.2) is 4.39 Å². The third-order valence-corrected chi connectivity index (χ3v) is 6.54. The first kappa shape index (κ1) is 22.9. The largest absolute Gasteiger partial charge is 0.492 e. The highest BCUT2D eigenvalue weighted by molar-refractivity contribution is 5.87. The highest BCUT2D eigenvalue weighted by Gasteiger charge is 2.25. The van der Waals surface area contributed by atoms with Crippen LogP contribution >= 0.6 is 0 Å². The molecule has 1 unspecified atom stereocenters. The molecule has 0 aliphatic heterocycles. The lowest BCUT2D eigenvalue weighted by Gasteiger charge is -2.17. The van der Waals surface area contributed by atoms with Crippen LogP contribution in [0.4, 0.5) is 21.5 Å². The van der Waals surface area contributed by atoms with Gasteiger partial charge in [-0.2, -0.15) is 0 Å². The van der Waals surface area contributed by atoms with Gasteiger partial charge in [0.15, 0.2) is 11.6 Å². The molecule has 0 saturated carbocycles. The summed E-state index contributed by atoms with van der Waals surface area (Å²) in [5, 5.41) is 27.1. The van der Waals surface area contributed by atoms with E-state index in [9.17, 15) is 10.2 Å². The molecule has 6 N–H and O–H groups in total. The number of nitrogens with two attached hydrogens (primary N) is 1. The van der Waals surface area contributed by atoms with Crippen LogP contribution in [0, 0.1) is 5.82 Å². The fourth-order valence-electron chi connectivity index (χ4n) is 4.85. The number of benzene rings is 2. The van der Waals surface area contributed by atoms with Crippen LogP contribution < -0.4 is 21.2 Å². The number of nitrogens with zero attached hydrogens (tertiary/aromatic N) is 2. The van der Waals surface area contributed by atoms with Crippen molar-refractivity contribution < 1.29 is 19.3 Å². The molecule has 1 aliphatic rings. The molecule has 4 aromatic rings. The van der Waals surface area contributed by atoms with E-state index in [-0.39, 0.29) is 12.4 Å². The van der Waals surface area contributed by atoms with Crippen molar-refractivity contribution >= 4 is 28.0 Å². The summed E-state index contributed by atoms with van der Waals surface area (Å²) >= 11 is 0. The zero-order valence-corrected chi connectivity index (χ0v) is 19.4. The van der Waals surface area contributed by atoms with Crippen LogP contribution in [-0.4, -0.2) is 33.5 Å². The Labute approximate surface area is 202 Å². The van der Waals surface area contributed by atoms with Gasteiger partial charge >= 0.3 is 0 Å². The van der Waals surface area contributed by atoms with Gasteiger partial charge < -0.3 is 31.4 Å². The minimum absolute atomic E-state index is 0.0927. The minimum atomic E-state index is -0.569. The molecule has 35 heavy (non-hydrogen) atoms. The quantitative estimate of drug-likeness (QED) is 0.245. The molecule has 0 radical (unpaired) electrons. The molecule has 0 spiro atoms. The number of para-hydroxylation sites is 1. The highest BCUT2D eigenvalue weighted by atomic mass is 19.1. The topological polar surface area (TPSA) is 118 Å². The van der Waals surface area contributed by atoms with Crippen LogP contribution in [0.1, 0.15) is 34.9 Å². The van der Waals surface area contributed by atoms with Crippen molar-refractivity contribution in [3.63, 3.8) is 0 Å². The van der Waals surface area contributed by atoms with E-state index in [1.165, 1.54) is 11.8 Å². The number of nitrogens with one attached hydrogen (secondary N) is 2. The van der Waals surface area contributed by atoms with Gasteiger partial charge in [-0.05, 0) is 48.6 Å². The summed E-state index contributed by atoms with van der Waals surface area (Å²) in [5.41, 5.74) is 5.77. The highest BCUT2D eigenvalue weighted by Crippen LogP contribution is 2.39. The molecule has 0 bridgehead atoms. The van der Waals surface area contributed by atoms with E-state index in [0.717, 1.165) is 33.3 Å². The number of fused-ring (bicyclic) bond motifs is 2. The summed E-state index contributed by atoms with van der Waals surface area (Å²) in [4.78, 5) is 4.28. The molecule has 1 aliphatic carbocycles. The fourth-order valence-corrected chi connectivity index (χ4v) is 4.85. The van der Waals surface area contributed by atoms with E-state index >= 15 is 4.39 Å². The van der Waals surface area contributed by atoms with E-state index < -0.39 is 11.9 Å². The second-order valence-electron chi connectivity index (χ2n) is 8.62. The number of methoxy groups -OCH3 is 1. The number of pyridine rings is 1. The lowest BCUT2D eigenvalue weighted by Crippen LogP contribution is -2.09. The van der Waals surface area contributed by atoms with E-state index in [4.69, 9.17) is 10.6 Å². The van der Waals surface area contributed by atoms with Crippen molar-refractivity contribution in [2.24, 2.45) is 0 Å². The second-order valence-corrected chi connectivity index (χ2v) is 8.62. The Kier molecular flexibility index (Phi) is 6.19. The maximum Gasteiger partial charge on any atom is 0.190 e. The number of ether oxygens (including phenoxy) is 1. The van der Waals surface area contributed by atoms with Gasteiger partial charge in [-0.15, -0.1) is 0 Å². The van der Waals surface area contributed by atoms with Crippen molar-refractivity contribution in [2.75, 3.05) is 30.1 Å². The van der Waals surface area contributed by atoms with Crippen LogP contribution in [0.15, 0.2) is 48.8 Å². The van der Waals surface area contributed by atoms with Crippen molar-refractivity contribution in [1.29, 1.82) is 0 Å². The number of nitrogen functional groups attached to an aromatic ring is 1. The lowest BCUT2D eigenvalue weighted by atomic mass is 10.1.